The van der Waals surface area contributed by atoms with Gasteiger partial charge >= 0.3 is 5.97 Å². The molecule has 20 heavy (non-hydrogen) atoms. The van der Waals surface area contributed by atoms with Gasteiger partial charge in [0.2, 0.25) is 0 Å². The lowest BCUT2D eigenvalue weighted by Crippen LogP contribution is -2.02. The van der Waals surface area contributed by atoms with Crippen LogP contribution in [0.3, 0.4) is 0 Å². The first kappa shape index (κ1) is 13.6. The van der Waals surface area contributed by atoms with E-state index in [9.17, 15) is 4.79 Å². The van der Waals surface area contributed by atoms with E-state index >= 15 is 0 Å². The molecular formula is C17H14O3. The summed E-state index contributed by atoms with van der Waals surface area (Å²) in [6.07, 6.45) is 2.52. The zero-order chi connectivity index (χ0) is 14.4. The second-order valence-electron chi connectivity index (χ2n) is 3.96. The molecule has 3 nitrogen and oxygen atoms in total. The van der Waals surface area contributed by atoms with Crippen molar-refractivity contribution in [2.24, 2.45) is 0 Å². The summed E-state index contributed by atoms with van der Waals surface area (Å²) in [5, 5.41) is 0. The number of carbonyl (C=O) groups excluding carboxylic acids is 1. The van der Waals surface area contributed by atoms with Crippen LogP contribution >= 0.6 is 0 Å². The second kappa shape index (κ2) is 6.38. The molecule has 100 valence electrons. The highest BCUT2D eigenvalue weighted by molar-refractivity contribution is 5.83. The number of carbonyl (C=O) groups is 1. The average Bonchev–Trinajstić information content (AvgIpc) is 2.49. The number of hydrogen-bond donors (Lipinski definition) is 0. The summed E-state index contributed by atoms with van der Waals surface area (Å²) in [5.41, 5.74) is 2.07. The lowest BCUT2D eigenvalue weighted by molar-refractivity contribution is -0.128. The Bertz CT molecular complexity index is 610. The fraction of sp³-hybridized carbons (Fsp3) is 0. The predicted octanol–water partition coefficient (Wildman–Crippen LogP) is 3.97. The van der Waals surface area contributed by atoms with Crippen LogP contribution in [0.5, 0.6) is 11.5 Å². The highest BCUT2D eigenvalue weighted by Crippen LogP contribution is 2.24. The Hall–Kier alpha value is -2.81. The zero-order valence-electron chi connectivity index (χ0n) is 10.9. The molecule has 0 saturated heterocycles. The summed E-state index contributed by atoms with van der Waals surface area (Å²) in [6, 6.07) is 14.9. The van der Waals surface area contributed by atoms with Crippen LogP contribution in [0, 0.1) is 0 Å². The first-order chi connectivity index (χ1) is 9.72. The Morgan fingerprint density at radius 2 is 1.35 bits per heavy atom. The third-order valence-corrected chi connectivity index (χ3v) is 2.65. The molecule has 0 aliphatic rings. The van der Waals surface area contributed by atoms with Crippen molar-refractivity contribution in [2.45, 2.75) is 0 Å². The van der Waals surface area contributed by atoms with Crippen molar-refractivity contribution in [1.82, 2.24) is 0 Å². The van der Waals surface area contributed by atoms with Gasteiger partial charge in [-0.05, 0) is 35.4 Å². The number of hydrogen-bond acceptors (Lipinski definition) is 3. The normalized spacial score (nSPS) is 9.60. The van der Waals surface area contributed by atoms with E-state index in [0.29, 0.717) is 5.75 Å². The van der Waals surface area contributed by atoms with Crippen molar-refractivity contribution in [1.29, 1.82) is 0 Å². The maximum Gasteiger partial charge on any atom is 0.335 e. The first-order valence-electron chi connectivity index (χ1n) is 6.05. The smallest absolute Gasteiger partial charge is 0.335 e. The molecule has 0 amide bonds. The van der Waals surface area contributed by atoms with Gasteiger partial charge in [0.25, 0.3) is 0 Å². The molecule has 0 radical (unpaired) electrons. The molecule has 0 spiro atoms. The van der Waals surface area contributed by atoms with Gasteiger partial charge in [0.05, 0.1) is 6.26 Å². The van der Waals surface area contributed by atoms with Crippen molar-refractivity contribution in [2.75, 3.05) is 0 Å². The Morgan fingerprint density at radius 3 is 1.80 bits per heavy atom. The lowest BCUT2D eigenvalue weighted by Gasteiger charge is -2.05. The Balaban J connectivity index is 2.14. The number of ether oxygens (including phenoxy) is 2. The molecule has 2 aromatic carbocycles. The fourth-order valence-corrected chi connectivity index (χ4v) is 1.70. The lowest BCUT2D eigenvalue weighted by atomic mass is 10.1. The minimum absolute atomic E-state index is 0.469. The van der Waals surface area contributed by atoms with Gasteiger partial charge in [-0.1, -0.05) is 37.4 Å². The van der Waals surface area contributed by atoms with Gasteiger partial charge in [-0.2, -0.15) is 0 Å². The molecule has 0 bridgehead atoms. The van der Waals surface area contributed by atoms with E-state index in [2.05, 4.69) is 13.2 Å². The fourth-order valence-electron chi connectivity index (χ4n) is 1.70. The monoisotopic (exact) mass is 266 g/mol. The van der Waals surface area contributed by atoms with Gasteiger partial charge in [0.15, 0.2) is 0 Å². The van der Waals surface area contributed by atoms with Crippen LogP contribution in [0.4, 0.5) is 0 Å². The van der Waals surface area contributed by atoms with Gasteiger partial charge in [-0.15, -0.1) is 0 Å². The van der Waals surface area contributed by atoms with Crippen LogP contribution in [-0.2, 0) is 4.79 Å². The van der Waals surface area contributed by atoms with Gasteiger partial charge in [0, 0.05) is 6.08 Å². The van der Waals surface area contributed by atoms with E-state index in [4.69, 9.17) is 9.47 Å². The van der Waals surface area contributed by atoms with Gasteiger partial charge < -0.3 is 9.47 Å². The molecule has 2 aromatic rings. The summed E-state index contributed by atoms with van der Waals surface area (Å²) in [5.74, 6) is 0.759. The van der Waals surface area contributed by atoms with E-state index in [1.807, 2.05) is 36.4 Å². The van der Waals surface area contributed by atoms with Crippen LogP contribution in [0.2, 0.25) is 0 Å². The molecule has 3 heteroatoms. The van der Waals surface area contributed by atoms with Crippen LogP contribution < -0.4 is 9.47 Å². The molecule has 0 aliphatic carbocycles. The molecule has 0 aliphatic heterocycles. The van der Waals surface area contributed by atoms with E-state index in [0.717, 1.165) is 23.0 Å². The van der Waals surface area contributed by atoms with Crippen LogP contribution in [-0.4, -0.2) is 5.97 Å². The molecule has 0 fully saturated rings. The standard InChI is InChI=1S/C17H14O3/c1-3-17(18)20-16-11-7-14(8-12-16)13-5-9-15(10-6-13)19-4-2/h3-12H,1-2H2. The SMILES string of the molecule is C=COc1ccc(-c2ccc(OC(=O)C=C)cc2)cc1. The molecule has 0 aromatic heterocycles. The Labute approximate surface area is 117 Å². The van der Waals surface area contributed by atoms with Crippen LogP contribution in [0.1, 0.15) is 0 Å². The minimum atomic E-state index is -0.469. The van der Waals surface area contributed by atoms with E-state index < -0.39 is 5.97 Å². The predicted molar refractivity (Wildman–Crippen MR) is 78.5 cm³/mol. The summed E-state index contributed by atoms with van der Waals surface area (Å²) in [6.45, 7) is 6.86. The summed E-state index contributed by atoms with van der Waals surface area (Å²) in [7, 11) is 0. The molecule has 0 atom stereocenters. The molecular weight excluding hydrogens is 252 g/mol. The maximum atomic E-state index is 11.1. The van der Waals surface area contributed by atoms with E-state index in [-0.39, 0.29) is 0 Å². The van der Waals surface area contributed by atoms with Crippen molar-refractivity contribution in [3.63, 3.8) is 0 Å². The van der Waals surface area contributed by atoms with Crippen LogP contribution in [0.15, 0.2) is 74.0 Å². The molecule has 0 heterocycles. The van der Waals surface area contributed by atoms with Crippen molar-refractivity contribution in [3.8, 4) is 22.6 Å². The van der Waals surface area contributed by atoms with E-state index in [1.165, 1.54) is 6.26 Å². The largest absolute Gasteiger partial charge is 0.466 e. The maximum absolute atomic E-state index is 11.1. The van der Waals surface area contributed by atoms with Gasteiger partial charge in [-0.3, -0.25) is 0 Å². The third-order valence-electron chi connectivity index (χ3n) is 2.65. The van der Waals surface area contributed by atoms with Gasteiger partial charge in [-0.25, -0.2) is 4.79 Å². The highest BCUT2D eigenvalue weighted by Gasteiger charge is 2.02. The quantitative estimate of drug-likeness (QED) is 0.355. The van der Waals surface area contributed by atoms with Crippen LogP contribution in [0.25, 0.3) is 11.1 Å². The number of benzene rings is 2. The molecule has 0 unspecified atom stereocenters. The summed E-state index contributed by atoms with van der Waals surface area (Å²) in [4.78, 5) is 11.1. The number of rotatable bonds is 5. The summed E-state index contributed by atoms with van der Waals surface area (Å²) >= 11 is 0. The van der Waals surface area contributed by atoms with Gasteiger partial charge in [0.1, 0.15) is 11.5 Å². The molecule has 0 N–H and O–H groups in total. The topological polar surface area (TPSA) is 35.5 Å². The minimum Gasteiger partial charge on any atom is -0.466 e. The summed E-state index contributed by atoms with van der Waals surface area (Å²) < 4.78 is 10.2. The first-order valence-corrected chi connectivity index (χ1v) is 6.05. The van der Waals surface area contributed by atoms with Crippen molar-refractivity contribution in [3.05, 3.63) is 74.0 Å². The Morgan fingerprint density at radius 1 is 0.850 bits per heavy atom. The molecule has 2 rings (SSSR count). The van der Waals surface area contributed by atoms with Crippen molar-refractivity contribution >= 4 is 5.97 Å². The van der Waals surface area contributed by atoms with E-state index in [1.54, 1.807) is 12.1 Å². The Kier molecular flexibility index (Phi) is 4.35. The second-order valence-corrected chi connectivity index (χ2v) is 3.96. The number of esters is 1. The highest BCUT2D eigenvalue weighted by atomic mass is 16.5. The third kappa shape index (κ3) is 3.36. The average molecular weight is 266 g/mol. The zero-order valence-corrected chi connectivity index (χ0v) is 10.9. The molecule has 0 saturated carbocycles. The van der Waals surface area contributed by atoms with Crippen molar-refractivity contribution < 1.29 is 14.3 Å².